The molecule has 1 atom stereocenters. The molecule has 4 nitrogen and oxygen atoms in total. The maximum Gasteiger partial charge on any atom is 0.253 e. The molecule has 1 amide bonds. The zero-order valence-electron chi connectivity index (χ0n) is 15.5. The summed E-state index contributed by atoms with van der Waals surface area (Å²) in [5.41, 5.74) is 0.938. The smallest absolute Gasteiger partial charge is 0.253 e. The monoisotopic (exact) mass is 353 g/mol. The van der Waals surface area contributed by atoms with Crippen molar-refractivity contribution in [2.75, 3.05) is 13.1 Å². The van der Waals surface area contributed by atoms with Crippen LogP contribution in [0.15, 0.2) is 54.6 Å². The molecule has 1 saturated heterocycles. The van der Waals surface area contributed by atoms with Crippen molar-refractivity contribution in [1.29, 1.82) is 0 Å². The third-order valence-corrected chi connectivity index (χ3v) is 5.07. The molecule has 2 aromatic rings. The fourth-order valence-corrected chi connectivity index (χ4v) is 3.40. The number of nitrogens with zero attached hydrogens (tertiary/aromatic N) is 1. The molecule has 0 bridgehead atoms. The first-order valence-electron chi connectivity index (χ1n) is 9.15. The van der Waals surface area contributed by atoms with Crippen molar-refractivity contribution in [1.82, 2.24) is 4.90 Å². The first-order chi connectivity index (χ1) is 12.3. The van der Waals surface area contributed by atoms with E-state index in [-0.39, 0.29) is 5.91 Å². The molecule has 0 radical (unpaired) electrons. The van der Waals surface area contributed by atoms with Gasteiger partial charge in [0.15, 0.2) is 0 Å². The minimum atomic E-state index is -0.969. The van der Waals surface area contributed by atoms with E-state index in [2.05, 4.69) is 0 Å². The summed E-state index contributed by atoms with van der Waals surface area (Å²) in [6, 6.07) is 17.1. The van der Waals surface area contributed by atoms with Crippen molar-refractivity contribution in [2.24, 2.45) is 0 Å². The first-order valence-corrected chi connectivity index (χ1v) is 9.15. The minimum Gasteiger partial charge on any atom is -0.390 e. The standard InChI is InChI=1S/C22H27NO3/c1-21(2,25)13-12-17-8-10-18(11-9-17)20(24)23-15-14-22(26,16-23)19-6-4-3-5-7-19/h3-11,25-26H,12-16H2,1-2H3/t22-/m1/s1. The Hall–Kier alpha value is -2.17. The number of amides is 1. The second-order valence-corrected chi connectivity index (χ2v) is 7.88. The lowest BCUT2D eigenvalue weighted by molar-refractivity contribution is 0.0417. The lowest BCUT2D eigenvalue weighted by atomic mass is 9.93. The van der Waals surface area contributed by atoms with Gasteiger partial charge in [0, 0.05) is 12.1 Å². The van der Waals surface area contributed by atoms with Crippen LogP contribution in [-0.4, -0.2) is 39.7 Å². The van der Waals surface area contributed by atoms with Crippen LogP contribution in [0.1, 0.15) is 48.2 Å². The number of aliphatic hydroxyl groups is 2. The molecule has 26 heavy (non-hydrogen) atoms. The van der Waals surface area contributed by atoms with Crippen molar-refractivity contribution >= 4 is 5.91 Å². The molecule has 0 aromatic heterocycles. The fraction of sp³-hybridized carbons (Fsp3) is 0.409. The zero-order valence-corrected chi connectivity index (χ0v) is 15.5. The molecule has 0 spiro atoms. The highest BCUT2D eigenvalue weighted by Crippen LogP contribution is 2.32. The van der Waals surface area contributed by atoms with Crippen molar-refractivity contribution in [3.63, 3.8) is 0 Å². The van der Waals surface area contributed by atoms with E-state index in [0.29, 0.717) is 31.5 Å². The Morgan fingerprint density at radius 1 is 1.12 bits per heavy atom. The lowest BCUT2D eigenvalue weighted by Crippen LogP contribution is -2.34. The van der Waals surface area contributed by atoms with Crippen LogP contribution in [0.2, 0.25) is 0 Å². The van der Waals surface area contributed by atoms with Crippen molar-refractivity contribution < 1.29 is 15.0 Å². The molecule has 2 aromatic carbocycles. The van der Waals surface area contributed by atoms with Gasteiger partial charge in [0.2, 0.25) is 0 Å². The predicted molar refractivity (Wildman–Crippen MR) is 102 cm³/mol. The second-order valence-electron chi connectivity index (χ2n) is 7.88. The maximum absolute atomic E-state index is 12.8. The number of hydrogen-bond acceptors (Lipinski definition) is 3. The number of carbonyl (C=O) groups excluding carboxylic acids is 1. The van der Waals surface area contributed by atoms with E-state index in [0.717, 1.165) is 17.5 Å². The fourth-order valence-electron chi connectivity index (χ4n) is 3.40. The van der Waals surface area contributed by atoms with E-state index < -0.39 is 11.2 Å². The van der Waals surface area contributed by atoms with Gasteiger partial charge in [0.1, 0.15) is 5.60 Å². The molecule has 1 aliphatic heterocycles. The van der Waals surface area contributed by atoms with Crippen molar-refractivity contribution in [3.8, 4) is 0 Å². The van der Waals surface area contributed by atoms with E-state index in [1.807, 2.05) is 54.6 Å². The van der Waals surface area contributed by atoms with E-state index >= 15 is 0 Å². The Morgan fingerprint density at radius 2 is 1.77 bits per heavy atom. The van der Waals surface area contributed by atoms with Crippen LogP contribution in [0, 0.1) is 0 Å². The molecule has 1 heterocycles. The van der Waals surface area contributed by atoms with Crippen molar-refractivity contribution in [2.45, 2.75) is 44.3 Å². The van der Waals surface area contributed by atoms with Gasteiger partial charge in [-0.15, -0.1) is 0 Å². The average molecular weight is 353 g/mol. The first kappa shape index (κ1) is 18.6. The third-order valence-electron chi connectivity index (χ3n) is 5.07. The summed E-state index contributed by atoms with van der Waals surface area (Å²) in [6.07, 6.45) is 2.00. The Kier molecular flexibility index (Phi) is 5.17. The van der Waals surface area contributed by atoms with Crippen LogP contribution in [0.4, 0.5) is 0 Å². The largest absolute Gasteiger partial charge is 0.390 e. The van der Waals surface area contributed by atoms with E-state index in [1.165, 1.54) is 0 Å². The van der Waals surface area contributed by atoms with E-state index in [1.54, 1.807) is 18.7 Å². The number of β-amino-alcohol motifs (C(OH)–C–C–N with tert-alkyl or cyclic N) is 1. The summed E-state index contributed by atoms with van der Waals surface area (Å²) in [4.78, 5) is 14.5. The number of hydrogen-bond donors (Lipinski definition) is 2. The van der Waals surface area contributed by atoms with Gasteiger partial charge in [-0.05, 0) is 56.4 Å². The topological polar surface area (TPSA) is 60.8 Å². The van der Waals surface area contributed by atoms with E-state index in [4.69, 9.17) is 0 Å². The predicted octanol–water partition coefficient (Wildman–Crippen LogP) is 3.12. The summed E-state index contributed by atoms with van der Waals surface area (Å²) in [7, 11) is 0. The average Bonchev–Trinajstić information content (AvgIpc) is 3.04. The SMILES string of the molecule is CC(C)(O)CCc1ccc(C(=O)N2CC[C@](O)(c3ccccc3)C2)cc1. The second kappa shape index (κ2) is 7.22. The number of likely N-dealkylation sites (tertiary alicyclic amines) is 1. The molecule has 1 fully saturated rings. The number of carbonyl (C=O) groups is 1. The molecule has 0 saturated carbocycles. The van der Waals surface area contributed by atoms with E-state index in [9.17, 15) is 15.0 Å². The highest BCUT2D eigenvalue weighted by atomic mass is 16.3. The molecule has 0 aliphatic carbocycles. The summed E-state index contributed by atoms with van der Waals surface area (Å²) in [5, 5.41) is 20.7. The van der Waals surface area contributed by atoms with Gasteiger partial charge in [-0.1, -0.05) is 42.5 Å². The Balaban J connectivity index is 1.65. The van der Waals surface area contributed by atoms with Crippen LogP contribution in [0.5, 0.6) is 0 Å². The third kappa shape index (κ3) is 4.32. The van der Waals surface area contributed by atoms with Gasteiger partial charge in [0.05, 0.1) is 12.1 Å². The molecular formula is C22H27NO3. The van der Waals surface area contributed by atoms with Crippen LogP contribution in [-0.2, 0) is 12.0 Å². The number of benzene rings is 2. The zero-order chi connectivity index (χ0) is 18.8. The lowest BCUT2D eigenvalue weighted by Gasteiger charge is -2.24. The molecule has 3 rings (SSSR count). The van der Waals surface area contributed by atoms with Crippen LogP contribution < -0.4 is 0 Å². The number of rotatable bonds is 5. The summed E-state index contributed by atoms with van der Waals surface area (Å²) >= 11 is 0. The summed E-state index contributed by atoms with van der Waals surface area (Å²) in [5.74, 6) is -0.0501. The molecule has 4 heteroatoms. The van der Waals surface area contributed by atoms with Crippen LogP contribution in [0.25, 0.3) is 0 Å². The molecule has 138 valence electrons. The Morgan fingerprint density at radius 3 is 2.38 bits per heavy atom. The molecular weight excluding hydrogens is 326 g/mol. The van der Waals surface area contributed by atoms with Crippen molar-refractivity contribution in [3.05, 3.63) is 71.3 Å². The summed E-state index contributed by atoms with van der Waals surface area (Å²) < 4.78 is 0. The van der Waals surface area contributed by atoms with Gasteiger partial charge in [-0.2, -0.15) is 0 Å². The van der Waals surface area contributed by atoms with Gasteiger partial charge >= 0.3 is 0 Å². The molecule has 0 unspecified atom stereocenters. The molecule has 1 aliphatic rings. The van der Waals surface area contributed by atoms with Gasteiger partial charge in [0.25, 0.3) is 5.91 Å². The highest BCUT2D eigenvalue weighted by molar-refractivity contribution is 5.94. The molecule has 2 N–H and O–H groups in total. The minimum absolute atomic E-state index is 0.0501. The van der Waals surface area contributed by atoms with Crippen LogP contribution in [0.3, 0.4) is 0 Å². The Labute approximate surface area is 155 Å². The number of aryl methyl sites for hydroxylation is 1. The Bertz CT molecular complexity index is 749. The van der Waals surface area contributed by atoms with Gasteiger partial charge in [-0.25, -0.2) is 0 Å². The van der Waals surface area contributed by atoms with Gasteiger partial charge < -0.3 is 15.1 Å². The van der Waals surface area contributed by atoms with Crippen LogP contribution >= 0.6 is 0 Å². The highest BCUT2D eigenvalue weighted by Gasteiger charge is 2.39. The normalized spacial score (nSPS) is 20.4. The maximum atomic E-state index is 12.8. The quantitative estimate of drug-likeness (QED) is 0.868. The van der Waals surface area contributed by atoms with Gasteiger partial charge in [-0.3, -0.25) is 4.79 Å². The summed E-state index contributed by atoms with van der Waals surface area (Å²) in [6.45, 7) is 4.46.